The Hall–Kier alpha value is -1.71. The van der Waals surface area contributed by atoms with Crippen molar-refractivity contribution >= 4 is 0 Å². The zero-order chi connectivity index (χ0) is 19.4. The van der Waals surface area contributed by atoms with Crippen LogP contribution in [0.3, 0.4) is 0 Å². The van der Waals surface area contributed by atoms with E-state index in [9.17, 15) is 5.11 Å². The van der Waals surface area contributed by atoms with Crippen LogP contribution in [0.15, 0.2) is 54.9 Å². The van der Waals surface area contributed by atoms with Gasteiger partial charge in [0.25, 0.3) is 0 Å². The number of benzene rings is 1. The van der Waals surface area contributed by atoms with Gasteiger partial charge in [0, 0.05) is 36.4 Å². The third-order valence-electron chi connectivity index (χ3n) is 6.58. The van der Waals surface area contributed by atoms with E-state index in [0.29, 0.717) is 5.92 Å². The maximum atomic E-state index is 10.9. The van der Waals surface area contributed by atoms with Gasteiger partial charge in [0.1, 0.15) is 0 Å². The Bertz CT molecular complexity index is 701. The van der Waals surface area contributed by atoms with Gasteiger partial charge in [-0.2, -0.15) is 0 Å². The van der Waals surface area contributed by atoms with Gasteiger partial charge in [0.2, 0.25) is 0 Å². The molecule has 3 rings (SSSR count). The first-order chi connectivity index (χ1) is 12.9. The minimum atomic E-state index is -0.230. The molecule has 1 aromatic heterocycles. The molecule has 1 aliphatic carbocycles. The van der Waals surface area contributed by atoms with Gasteiger partial charge in [-0.05, 0) is 62.8 Å². The van der Waals surface area contributed by atoms with E-state index in [1.165, 1.54) is 17.5 Å². The summed E-state index contributed by atoms with van der Waals surface area (Å²) >= 11 is 0. The molecule has 1 aliphatic rings. The summed E-state index contributed by atoms with van der Waals surface area (Å²) in [5, 5.41) is 10.9. The second kappa shape index (κ2) is 8.53. The summed E-state index contributed by atoms with van der Waals surface area (Å²) in [4.78, 5) is 6.76. The quantitative estimate of drug-likeness (QED) is 0.761. The van der Waals surface area contributed by atoms with Gasteiger partial charge in [-0.15, -0.1) is 0 Å². The van der Waals surface area contributed by atoms with Gasteiger partial charge >= 0.3 is 0 Å². The van der Waals surface area contributed by atoms with E-state index >= 15 is 0 Å². The molecule has 4 atom stereocenters. The van der Waals surface area contributed by atoms with Crippen LogP contribution in [-0.2, 0) is 6.54 Å². The molecule has 3 nitrogen and oxygen atoms in total. The van der Waals surface area contributed by atoms with Gasteiger partial charge in [-0.3, -0.25) is 9.88 Å². The number of hydrogen-bond donors (Lipinski definition) is 1. The molecule has 0 saturated heterocycles. The molecule has 0 bridgehead atoms. The van der Waals surface area contributed by atoms with Crippen LogP contribution >= 0.6 is 0 Å². The molecule has 1 heterocycles. The molecule has 3 heteroatoms. The predicted octanol–water partition coefficient (Wildman–Crippen LogP) is 5.22. The fourth-order valence-corrected chi connectivity index (χ4v) is 4.83. The lowest BCUT2D eigenvalue weighted by Gasteiger charge is -2.51. The van der Waals surface area contributed by atoms with Crippen molar-refractivity contribution in [3.8, 4) is 0 Å². The summed E-state index contributed by atoms with van der Waals surface area (Å²) < 4.78 is 0. The highest BCUT2D eigenvalue weighted by molar-refractivity contribution is 5.19. The molecule has 1 saturated carbocycles. The van der Waals surface area contributed by atoms with E-state index in [-0.39, 0.29) is 23.6 Å². The lowest BCUT2D eigenvalue weighted by molar-refractivity contribution is -0.0624. The third-order valence-corrected chi connectivity index (χ3v) is 6.58. The van der Waals surface area contributed by atoms with Gasteiger partial charge < -0.3 is 5.11 Å². The molecule has 1 aromatic carbocycles. The molecular weight excluding hydrogens is 332 g/mol. The van der Waals surface area contributed by atoms with Crippen LogP contribution in [0.1, 0.15) is 64.1 Å². The summed E-state index contributed by atoms with van der Waals surface area (Å²) in [6.45, 7) is 10.0. The first kappa shape index (κ1) is 20.0. The molecule has 0 unspecified atom stereocenters. The van der Waals surface area contributed by atoms with Gasteiger partial charge in [-0.1, -0.05) is 43.7 Å². The summed E-state index contributed by atoms with van der Waals surface area (Å²) in [7, 11) is 0. The topological polar surface area (TPSA) is 36.4 Å². The average molecular weight is 367 g/mol. The van der Waals surface area contributed by atoms with Crippen molar-refractivity contribution in [2.24, 2.45) is 11.8 Å². The van der Waals surface area contributed by atoms with Crippen LogP contribution in [0.5, 0.6) is 0 Å². The largest absolute Gasteiger partial charge is 0.393 e. The van der Waals surface area contributed by atoms with Crippen molar-refractivity contribution < 1.29 is 5.11 Å². The van der Waals surface area contributed by atoms with E-state index in [0.717, 1.165) is 19.4 Å². The highest BCUT2D eigenvalue weighted by atomic mass is 16.3. The second-order valence-corrected chi connectivity index (χ2v) is 8.82. The number of aromatic nitrogens is 1. The number of hydrogen-bond acceptors (Lipinski definition) is 3. The fourth-order valence-electron chi connectivity index (χ4n) is 4.83. The second-order valence-electron chi connectivity index (χ2n) is 8.82. The van der Waals surface area contributed by atoms with Crippen LogP contribution in [0.4, 0.5) is 0 Å². The van der Waals surface area contributed by atoms with Crippen molar-refractivity contribution in [3.05, 3.63) is 66.0 Å². The third kappa shape index (κ3) is 4.59. The number of pyridine rings is 1. The molecule has 1 fully saturated rings. The van der Waals surface area contributed by atoms with Crippen LogP contribution in [0.2, 0.25) is 0 Å². The SMILES string of the molecule is C[C@@H]1CC[C@@H](C(C)(C)N(Cc2ccccc2)[C@@H](C)c2ccncc2)[C@H](O)C1. The first-order valence-electron chi connectivity index (χ1n) is 10.3. The number of aliphatic hydroxyl groups is 1. The molecule has 0 spiro atoms. The van der Waals surface area contributed by atoms with E-state index in [2.05, 4.69) is 80.0 Å². The van der Waals surface area contributed by atoms with Gasteiger partial charge in [0.15, 0.2) is 0 Å². The molecule has 0 amide bonds. The summed E-state index contributed by atoms with van der Waals surface area (Å²) in [6, 6.07) is 15.1. The normalized spacial score (nSPS) is 24.7. The fraction of sp³-hybridized carbons (Fsp3) is 0.542. The van der Waals surface area contributed by atoms with Crippen molar-refractivity contribution in [3.63, 3.8) is 0 Å². The van der Waals surface area contributed by atoms with Gasteiger partial charge in [-0.25, -0.2) is 0 Å². The lowest BCUT2D eigenvalue weighted by atomic mass is 9.70. The van der Waals surface area contributed by atoms with E-state index in [4.69, 9.17) is 0 Å². The molecule has 27 heavy (non-hydrogen) atoms. The Morgan fingerprint density at radius 1 is 1.11 bits per heavy atom. The maximum Gasteiger partial charge on any atom is 0.0588 e. The van der Waals surface area contributed by atoms with Crippen molar-refractivity contribution in [1.82, 2.24) is 9.88 Å². The van der Waals surface area contributed by atoms with E-state index < -0.39 is 0 Å². The Balaban J connectivity index is 1.92. The molecule has 2 aromatic rings. The Morgan fingerprint density at radius 3 is 2.41 bits per heavy atom. The average Bonchev–Trinajstić information content (AvgIpc) is 2.66. The summed E-state index contributed by atoms with van der Waals surface area (Å²) in [6.07, 6.45) is 6.72. The highest BCUT2D eigenvalue weighted by Gasteiger charge is 2.43. The number of aliphatic hydroxyl groups excluding tert-OH is 1. The van der Waals surface area contributed by atoms with Crippen LogP contribution in [0.25, 0.3) is 0 Å². The standard InChI is InChI=1S/C24H34N2O/c1-18-10-11-22(23(27)16-18)24(3,4)26(17-20-8-6-5-7-9-20)19(2)21-12-14-25-15-13-21/h5-9,12-15,18-19,22-23,27H,10-11,16-17H2,1-4H3/t18-,19+,22-,23-/m1/s1. The highest BCUT2D eigenvalue weighted by Crippen LogP contribution is 2.42. The predicted molar refractivity (Wildman–Crippen MR) is 111 cm³/mol. The monoisotopic (exact) mass is 366 g/mol. The van der Waals surface area contributed by atoms with Crippen LogP contribution in [0, 0.1) is 11.8 Å². The summed E-state index contributed by atoms with van der Waals surface area (Å²) in [5.41, 5.74) is 2.47. The van der Waals surface area contributed by atoms with E-state index in [1.807, 2.05) is 12.4 Å². The van der Waals surface area contributed by atoms with Crippen molar-refractivity contribution in [1.29, 1.82) is 0 Å². The smallest absolute Gasteiger partial charge is 0.0588 e. The zero-order valence-corrected chi connectivity index (χ0v) is 17.2. The summed E-state index contributed by atoms with van der Waals surface area (Å²) in [5.74, 6) is 0.897. The number of rotatable bonds is 6. The minimum Gasteiger partial charge on any atom is -0.393 e. The zero-order valence-electron chi connectivity index (χ0n) is 17.2. The van der Waals surface area contributed by atoms with Crippen LogP contribution in [-0.4, -0.2) is 26.6 Å². The Morgan fingerprint density at radius 2 is 1.78 bits per heavy atom. The Kier molecular flexibility index (Phi) is 6.33. The Labute approximate surface area is 164 Å². The number of nitrogens with zero attached hydrogens (tertiary/aromatic N) is 2. The minimum absolute atomic E-state index is 0.113. The van der Waals surface area contributed by atoms with Crippen LogP contribution < -0.4 is 0 Å². The molecule has 146 valence electrons. The first-order valence-corrected chi connectivity index (χ1v) is 10.3. The molecular formula is C24H34N2O. The molecule has 1 N–H and O–H groups in total. The maximum absolute atomic E-state index is 10.9. The van der Waals surface area contributed by atoms with Gasteiger partial charge in [0.05, 0.1) is 6.10 Å². The van der Waals surface area contributed by atoms with Crippen molar-refractivity contribution in [2.45, 2.75) is 71.2 Å². The van der Waals surface area contributed by atoms with Crippen molar-refractivity contribution in [2.75, 3.05) is 0 Å². The molecule has 0 aliphatic heterocycles. The molecule has 0 radical (unpaired) electrons. The van der Waals surface area contributed by atoms with E-state index in [1.54, 1.807) is 0 Å². The lowest BCUT2D eigenvalue weighted by Crippen LogP contribution is -2.54.